The average Bonchev–Trinajstić information content (AvgIpc) is 3.21. The van der Waals surface area contributed by atoms with E-state index in [0.29, 0.717) is 31.2 Å². The minimum absolute atomic E-state index is 0.138. The molecule has 0 saturated carbocycles. The maximum atomic E-state index is 12.6. The Kier molecular flexibility index (Phi) is 3.43. The van der Waals surface area contributed by atoms with Crippen molar-refractivity contribution >= 4 is 10.0 Å². The van der Waals surface area contributed by atoms with Crippen molar-refractivity contribution in [3.8, 4) is 0 Å². The molecule has 4 heterocycles. The highest BCUT2D eigenvalue weighted by Gasteiger charge is 2.47. The number of nitrogens with zero attached hydrogens (tertiary/aromatic N) is 4. The van der Waals surface area contributed by atoms with E-state index in [4.69, 9.17) is 9.26 Å². The van der Waals surface area contributed by atoms with Gasteiger partial charge >= 0.3 is 0 Å². The van der Waals surface area contributed by atoms with Gasteiger partial charge in [-0.2, -0.15) is 9.29 Å². The summed E-state index contributed by atoms with van der Waals surface area (Å²) in [4.78, 5) is 8.29. The summed E-state index contributed by atoms with van der Waals surface area (Å²) in [5.41, 5.74) is 0. The van der Waals surface area contributed by atoms with E-state index in [9.17, 15) is 8.42 Å². The molecule has 0 radical (unpaired) electrons. The van der Waals surface area contributed by atoms with Crippen molar-refractivity contribution in [1.29, 1.82) is 0 Å². The van der Waals surface area contributed by atoms with Gasteiger partial charge in [0.1, 0.15) is 11.0 Å². The van der Waals surface area contributed by atoms with Crippen LogP contribution in [0, 0.1) is 12.8 Å². The Hall–Kier alpha value is -1.84. The Balaban J connectivity index is 1.48. The van der Waals surface area contributed by atoms with Crippen LogP contribution in [-0.2, 0) is 14.8 Å². The lowest BCUT2D eigenvalue weighted by molar-refractivity contribution is 0.0251. The molecule has 23 heavy (non-hydrogen) atoms. The van der Waals surface area contributed by atoms with Gasteiger partial charge in [-0.25, -0.2) is 8.42 Å². The molecule has 2 aliphatic heterocycles. The van der Waals surface area contributed by atoms with E-state index >= 15 is 0 Å². The fraction of sp³-hybridized carbons (Fsp3) is 0.500. The summed E-state index contributed by atoms with van der Waals surface area (Å²) in [5.74, 6) is 1.18. The minimum atomic E-state index is -3.52. The molecule has 2 aromatic rings. The summed E-state index contributed by atoms with van der Waals surface area (Å²) >= 11 is 0. The third-order valence-corrected chi connectivity index (χ3v) is 6.11. The Labute approximate surface area is 133 Å². The van der Waals surface area contributed by atoms with Gasteiger partial charge in [-0.3, -0.25) is 4.98 Å². The Bertz CT molecular complexity index is 793. The van der Waals surface area contributed by atoms with Gasteiger partial charge in [0.15, 0.2) is 5.82 Å². The highest BCUT2D eigenvalue weighted by atomic mass is 32.2. The fourth-order valence-corrected chi connectivity index (χ4v) is 4.65. The second kappa shape index (κ2) is 5.36. The molecule has 122 valence electrons. The molecule has 0 spiro atoms. The fourth-order valence-electron chi connectivity index (χ4n) is 3.17. The Morgan fingerprint density at radius 2 is 2.22 bits per heavy atom. The smallest absolute Gasteiger partial charge is 0.255 e. The van der Waals surface area contributed by atoms with Gasteiger partial charge in [-0.15, -0.1) is 0 Å². The third kappa shape index (κ3) is 2.54. The first-order valence-electron chi connectivity index (χ1n) is 7.40. The number of rotatable bonds is 3. The highest BCUT2D eigenvalue weighted by Crippen LogP contribution is 2.41. The van der Waals surface area contributed by atoms with Gasteiger partial charge in [0.05, 0.1) is 6.10 Å². The van der Waals surface area contributed by atoms with Crippen molar-refractivity contribution in [3.63, 3.8) is 0 Å². The predicted molar refractivity (Wildman–Crippen MR) is 77.8 cm³/mol. The van der Waals surface area contributed by atoms with Gasteiger partial charge in [0.25, 0.3) is 5.89 Å². The summed E-state index contributed by atoms with van der Waals surface area (Å²) in [6.45, 7) is 2.53. The normalized spacial score (nSPS) is 28.1. The Morgan fingerprint density at radius 1 is 1.35 bits per heavy atom. The van der Waals surface area contributed by atoms with Crippen molar-refractivity contribution in [2.24, 2.45) is 5.92 Å². The molecule has 0 aromatic carbocycles. The van der Waals surface area contributed by atoms with E-state index in [2.05, 4.69) is 15.1 Å². The summed E-state index contributed by atoms with van der Waals surface area (Å²) in [7, 11) is -3.52. The zero-order chi connectivity index (χ0) is 16.0. The molecule has 0 amide bonds. The number of fused-ring (bicyclic) bond motifs is 1. The molecule has 2 fully saturated rings. The number of hydrogen-bond donors (Lipinski definition) is 0. The number of aromatic nitrogens is 3. The minimum Gasteiger partial charge on any atom is -0.363 e. The summed E-state index contributed by atoms with van der Waals surface area (Å²) in [5, 5.41) is 3.77. The topological polar surface area (TPSA) is 98.4 Å². The second-order valence-corrected chi connectivity index (χ2v) is 7.79. The van der Waals surface area contributed by atoms with Crippen LogP contribution in [0.1, 0.15) is 24.2 Å². The van der Waals surface area contributed by atoms with Gasteiger partial charge in [-0.05, 0) is 25.5 Å². The SMILES string of the molecule is Cc1noc([C@@H]2C[C@@H]3CN(S(=O)(=O)c4cccnc4)C[C@@H]3O2)n1. The Morgan fingerprint density at radius 3 is 2.87 bits per heavy atom. The summed E-state index contributed by atoms with van der Waals surface area (Å²) in [6, 6.07) is 3.18. The molecule has 4 rings (SSSR count). The van der Waals surface area contributed by atoms with Gasteiger partial charge in [0.2, 0.25) is 10.0 Å². The molecule has 2 aliphatic rings. The predicted octanol–water partition coefficient (Wildman–Crippen LogP) is 0.924. The number of sulfonamides is 1. The lowest BCUT2D eigenvalue weighted by Crippen LogP contribution is -2.31. The number of hydrogen-bond acceptors (Lipinski definition) is 7. The first-order chi connectivity index (χ1) is 11.0. The maximum Gasteiger partial charge on any atom is 0.255 e. The van der Waals surface area contributed by atoms with Crippen LogP contribution in [0.5, 0.6) is 0 Å². The summed E-state index contributed by atoms with van der Waals surface area (Å²) < 4.78 is 37.8. The molecular weight excluding hydrogens is 320 g/mol. The molecule has 2 saturated heterocycles. The van der Waals surface area contributed by atoms with E-state index < -0.39 is 10.0 Å². The first-order valence-corrected chi connectivity index (χ1v) is 8.84. The number of pyridine rings is 1. The van der Waals surface area contributed by atoms with Gasteiger partial charge < -0.3 is 9.26 Å². The molecule has 0 bridgehead atoms. The van der Waals surface area contributed by atoms with E-state index in [0.717, 1.165) is 0 Å². The zero-order valence-corrected chi connectivity index (χ0v) is 13.3. The molecule has 2 aromatic heterocycles. The monoisotopic (exact) mass is 336 g/mol. The van der Waals surface area contributed by atoms with Crippen LogP contribution >= 0.6 is 0 Å². The maximum absolute atomic E-state index is 12.6. The average molecular weight is 336 g/mol. The molecule has 8 nitrogen and oxygen atoms in total. The molecule has 3 atom stereocenters. The van der Waals surface area contributed by atoms with Crippen LogP contribution in [0.25, 0.3) is 0 Å². The van der Waals surface area contributed by atoms with Crippen LogP contribution < -0.4 is 0 Å². The largest absolute Gasteiger partial charge is 0.363 e. The van der Waals surface area contributed by atoms with Crippen molar-refractivity contribution < 1.29 is 17.7 Å². The van der Waals surface area contributed by atoms with Crippen molar-refractivity contribution in [3.05, 3.63) is 36.2 Å². The lowest BCUT2D eigenvalue weighted by Gasteiger charge is -2.18. The first kappa shape index (κ1) is 14.7. The molecule has 9 heteroatoms. The zero-order valence-electron chi connectivity index (χ0n) is 12.5. The molecule has 0 unspecified atom stereocenters. The van der Waals surface area contributed by atoms with Gasteiger partial charge in [0, 0.05) is 31.4 Å². The van der Waals surface area contributed by atoms with Crippen LogP contribution in [0.4, 0.5) is 0 Å². The summed E-state index contributed by atoms with van der Waals surface area (Å²) in [6.07, 6.45) is 3.23. The number of aryl methyl sites for hydroxylation is 1. The lowest BCUT2D eigenvalue weighted by atomic mass is 10.0. The quantitative estimate of drug-likeness (QED) is 0.822. The third-order valence-electron chi connectivity index (χ3n) is 4.29. The number of ether oxygens (including phenoxy) is 1. The molecular formula is C14H16N4O4S. The second-order valence-electron chi connectivity index (χ2n) is 5.85. The van der Waals surface area contributed by atoms with E-state index in [1.807, 2.05) is 0 Å². The molecule has 0 aliphatic carbocycles. The standard InChI is InChI=1S/C14H16N4O4S/c1-9-16-14(22-17-9)12-5-10-7-18(8-13(10)21-12)23(19,20)11-3-2-4-15-6-11/h2-4,6,10,12-13H,5,7-8H2,1H3/t10-,12+,13+/m1/s1. The van der Waals surface area contributed by atoms with E-state index in [1.54, 1.807) is 25.3 Å². The molecule has 0 N–H and O–H groups in total. The van der Waals surface area contributed by atoms with E-state index in [-0.39, 0.29) is 23.0 Å². The van der Waals surface area contributed by atoms with Crippen LogP contribution in [0.2, 0.25) is 0 Å². The van der Waals surface area contributed by atoms with Crippen LogP contribution in [0.3, 0.4) is 0 Å². The van der Waals surface area contributed by atoms with Crippen molar-refractivity contribution in [1.82, 2.24) is 19.4 Å². The van der Waals surface area contributed by atoms with Crippen LogP contribution in [0.15, 0.2) is 33.9 Å². The van der Waals surface area contributed by atoms with E-state index in [1.165, 1.54) is 10.5 Å². The van der Waals surface area contributed by atoms with Crippen molar-refractivity contribution in [2.45, 2.75) is 30.4 Å². The van der Waals surface area contributed by atoms with Crippen LogP contribution in [-0.4, -0.2) is 47.0 Å². The van der Waals surface area contributed by atoms with Crippen molar-refractivity contribution in [2.75, 3.05) is 13.1 Å². The van der Waals surface area contributed by atoms with Gasteiger partial charge in [-0.1, -0.05) is 5.16 Å². The highest BCUT2D eigenvalue weighted by molar-refractivity contribution is 7.89.